The number of carbonyl (C=O) groups excluding carboxylic acids is 3. The van der Waals surface area contributed by atoms with E-state index in [4.69, 9.17) is 9.47 Å². The highest BCUT2D eigenvalue weighted by Crippen LogP contribution is 2.45. The molecule has 3 amide bonds. The van der Waals surface area contributed by atoms with Crippen molar-refractivity contribution in [1.82, 2.24) is 20.5 Å². The van der Waals surface area contributed by atoms with Crippen LogP contribution in [0.4, 0.5) is 4.79 Å². The molecule has 2 fully saturated rings. The van der Waals surface area contributed by atoms with Gasteiger partial charge in [0, 0.05) is 34.4 Å². The molecular formula is C38H46N4O7S. The molecule has 1 aliphatic carbocycles. The van der Waals surface area contributed by atoms with Crippen LogP contribution in [0.1, 0.15) is 58.6 Å². The van der Waals surface area contributed by atoms with Crippen LogP contribution in [-0.2, 0) is 24.9 Å². The molecular weight excluding hydrogens is 657 g/mol. The second kappa shape index (κ2) is 14.3. The predicted molar refractivity (Wildman–Crippen MR) is 193 cm³/mol. The van der Waals surface area contributed by atoms with Crippen LogP contribution in [0.5, 0.6) is 5.75 Å². The number of amides is 3. The third-order valence-electron chi connectivity index (χ3n) is 9.11. The Balaban J connectivity index is 1.46. The van der Waals surface area contributed by atoms with Gasteiger partial charge in [0.05, 0.1) is 12.1 Å². The predicted octanol–water partition coefficient (Wildman–Crippen LogP) is 5.64. The molecule has 1 saturated carbocycles. The molecule has 1 aliphatic heterocycles. The number of benzene rings is 2. The van der Waals surface area contributed by atoms with Crippen LogP contribution in [0.15, 0.2) is 73.4 Å². The van der Waals surface area contributed by atoms with Crippen molar-refractivity contribution < 1.29 is 33.8 Å². The summed E-state index contributed by atoms with van der Waals surface area (Å²) in [4.78, 5) is 60.1. The van der Waals surface area contributed by atoms with E-state index in [1.54, 1.807) is 33.0 Å². The topological polar surface area (TPSA) is 147 Å². The summed E-state index contributed by atoms with van der Waals surface area (Å²) in [6.45, 7) is 14.7. The summed E-state index contributed by atoms with van der Waals surface area (Å²) in [5.74, 6) is -1.63. The minimum atomic E-state index is -1.49. The van der Waals surface area contributed by atoms with E-state index in [1.165, 1.54) is 22.7 Å². The van der Waals surface area contributed by atoms with E-state index in [1.807, 2.05) is 69.3 Å². The summed E-state index contributed by atoms with van der Waals surface area (Å²) in [6.07, 6.45) is 2.05. The SMILES string of the molecule is C=C[C@H]1CC1(NC(=O)[C@@H]1C[C@@H](Oc2ccnc3ccccc23)CN1C(=O)[C@@H](NC(=O)OC(C)(C)C)C(C)(C)SCc1ccc(C)cc1)C(=O)O. The van der Waals surface area contributed by atoms with E-state index in [0.717, 1.165) is 22.0 Å². The van der Waals surface area contributed by atoms with E-state index < -0.39 is 63.9 Å². The molecule has 2 heterocycles. The van der Waals surface area contributed by atoms with E-state index in [0.29, 0.717) is 11.5 Å². The van der Waals surface area contributed by atoms with Gasteiger partial charge >= 0.3 is 12.1 Å². The number of hydrogen-bond acceptors (Lipinski definition) is 8. The standard InChI is InChI=1S/C38H46N4O7S/c1-8-25-20-38(25,34(45)46)41-32(43)29-19-26(48-30-17-18-39-28-12-10-9-11-27(28)30)21-42(29)33(44)31(40-35(47)49-36(3,4)5)37(6,7)50-22-24-15-13-23(2)14-16-24/h8-18,25-26,29,31H,1,19-22H2,2-7H3,(H,40,47)(H,41,43)(H,45,46)/t25-,26+,29-,31+,38?/m0/s1. The van der Waals surface area contributed by atoms with Crippen molar-refractivity contribution in [1.29, 1.82) is 0 Å². The van der Waals surface area contributed by atoms with E-state index in [9.17, 15) is 24.3 Å². The normalized spacial score (nSPS) is 22.4. The molecule has 5 rings (SSSR count). The first-order chi connectivity index (χ1) is 23.5. The van der Waals surface area contributed by atoms with Crippen molar-refractivity contribution >= 4 is 46.5 Å². The molecule has 50 heavy (non-hydrogen) atoms. The quantitative estimate of drug-likeness (QED) is 0.204. The Bertz CT molecular complexity index is 1770. The second-order valence-corrected chi connectivity index (χ2v) is 16.2. The zero-order valence-corrected chi connectivity index (χ0v) is 30.2. The Morgan fingerprint density at radius 2 is 1.80 bits per heavy atom. The fourth-order valence-electron chi connectivity index (χ4n) is 6.21. The minimum Gasteiger partial charge on any atom is -0.488 e. The number of para-hydroxylation sites is 1. The molecule has 1 unspecified atom stereocenters. The van der Waals surface area contributed by atoms with Gasteiger partial charge in [-0.05, 0) is 71.7 Å². The van der Waals surface area contributed by atoms with Gasteiger partial charge in [0.15, 0.2) is 0 Å². The maximum Gasteiger partial charge on any atom is 0.408 e. The molecule has 12 heteroatoms. The number of pyridine rings is 1. The van der Waals surface area contributed by atoms with E-state index >= 15 is 0 Å². The minimum absolute atomic E-state index is 0.0176. The number of nitrogens with one attached hydrogen (secondary N) is 2. The Kier molecular flexibility index (Phi) is 10.5. The van der Waals surface area contributed by atoms with Crippen LogP contribution in [0.25, 0.3) is 10.9 Å². The highest BCUT2D eigenvalue weighted by Gasteiger charge is 2.61. The molecule has 3 aromatic rings. The van der Waals surface area contributed by atoms with Crippen LogP contribution in [-0.4, -0.2) is 79.5 Å². The van der Waals surface area contributed by atoms with Crippen molar-refractivity contribution in [2.45, 2.75) is 94.2 Å². The number of alkyl carbamates (subject to hydrolysis) is 1. The van der Waals surface area contributed by atoms with Gasteiger partial charge in [-0.3, -0.25) is 14.6 Å². The number of aromatic nitrogens is 1. The fraction of sp³-hybridized carbons (Fsp3) is 0.447. The maximum atomic E-state index is 14.8. The van der Waals surface area contributed by atoms with Gasteiger partial charge < -0.3 is 30.1 Å². The lowest BCUT2D eigenvalue weighted by Gasteiger charge is -2.37. The monoisotopic (exact) mass is 702 g/mol. The number of nitrogens with zero attached hydrogens (tertiary/aromatic N) is 2. The Hall–Kier alpha value is -4.58. The van der Waals surface area contributed by atoms with Crippen molar-refractivity contribution in [3.8, 4) is 5.75 Å². The summed E-state index contributed by atoms with van der Waals surface area (Å²) in [7, 11) is 0. The Labute approximate surface area is 297 Å². The van der Waals surface area contributed by atoms with Crippen molar-refractivity contribution in [3.63, 3.8) is 0 Å². The molecule has 0 bridgehead atoms. The van der Waals surface area contributed by atoms with Gasteiger partial charge in [0.25, 0.3) is 0 Å². The lowest BCUT2D eigenvalue weighted by atomic mass is 10.0. The van der Waals surface area contributed by atoms with E-state index in [2.05, 4.69) is 22.2 Å². The molecule has 1 saturated heterocycles. The first kappa shape index (κ1) is 36.7. The number of carboxylic acids is 1. The van der Waals surface area contributed by atoms with Crippen molar-refractivity contribution in [2.75, 3.05) is 6.54 Å². The lowest BCUT2D eigenvalue weighted by Crippen LogP contribution is -2.61. The van der Waals surface area contributed by atoms with Crippen LogP contribution in [0.3, 0.4) is 0 Å². The summed E-state index contributed by atoms with van der Waals surface area (Å²) in [6, 6.07) is 15.1. The average Bonchev–Trinajstić information content (AvgIpc) is 3.62. The van der Waals surface area contributed by atoms with Gasteiger partial charge in [-0.2, -0.15) is 0 Å². The van der Waals surface area contributed by atoms with Gasteiger partial charge in [0.2, 0.25) is 11.8 Å². The molecule has 1 aromatic heterocycles. The Morgan fingerprint density at radius 1 is 1.10 bits per heavy atom. The number of aryl methyl sites for hydroxylation is 1. The van der Waals surface area contributed by atoms with Gasteiger partial charge in [-0.25, -0.2) is 9.59 Å². The summed E-state index contributed by atoms with van der Waals surface area (Å²) in [5.41, 5.74) is 0.588. The zero-order valence-electron chi connectivity index (χ0n) is 29.4. The van der Waals surface area contributed by atoms with Crippen LogP contribution >= 0.6 is 11.8 Å². The number of ether oxygens (including phenoxy) is 2. The van der Waals surface area contributed by atoms with Gasteiger partial charge in [-0.1, -0.05) is 48.0 Å². The number of carbonyl (C=O) groups is 4. The molecule has 0 radical (unpaired) electrons. The molecule has 5 atom stereocenters. The molecule has 266 valence electrons. The summed E-state index contributed by atoms with van der Waals surface area (Å²) in [5, 5.41) is 16.4. The second-order valence-electron chi connectivity index (χ2n) is 14.6. The first-order valence-electron chi connectivity index (χ1n) is 16.7. The highest BCUT2D eigenvalue weighted by atomic mass is 32.2. The van der Waals surface area contributed by atoms with Gasteiger partial charge in [-0.15, -0.1) is 18.3 Å². The van der Waals surface area contributed by atoms with Crippen molar-refractivity contribution in [2.24, 2.45) is 5.92 Å². The van der Waals surface area contributed by atoms with Crippen LogP contribution in [0.2, 0.25) is 0 Å². The number of aliphatic carboxylic acids is 1. The molecule has 2 aliphatic rings. The summed E-state index contributed by atoms with van der Waals surface area (Å²) >= 11 is 1.49. The third-order valence-corrected chi connectivity index (χ3v) is 10.6. The smallest absolute Gasteiger partial charge is 0.408 e. The fourth-order valence-corrected chi connectivity index (χ4v) is 7.26. The molecule has 2 aromatic carbocycles. The maximum absolute atomic E-state index is 14.8. The Morgan fingerprint density at radius 3 is 2.44 bits per heavy atom. The molecule has 3 N–H and O–H groups in total. The number of rotatable bonds is 12. The number of carboxylic acid groups (broad SMARTS) is 1. The van der Waals surface area contributed by atoms with E-state index in [-0.39, 0.29) is 19.4 Å². The number of thioether (sulfide) groups is 1. The summed E-state index contributed by atoms with van der Waals surface area (Å²) < 4.78 is 11.1. The van der Waals surface area contributed by atoms with Crippen LogP contribution in [0, 0.1) is 12.8 Å². The van der Waals surface area contributed by atoms with Gasteiger partial charge in [0.1, 0.15) is 35.1 Å². The highest BCUT2D eigenvalue weighted by molar-refractivity contribution is 7.99. The number of likely N-dealkylation sites (tertiary alicyclic amines) is 1. The zero-order chi connectivity index (χ0) is 36.4. The molecule has 11 nitrogen and oxygen atoms in total. The molecule has 0 spiro atoms. The third kappa shape index (κ3) is 8.23. The van der Waals surface area contributed by atoms with Crippen molar-refractivity contribution in [3.05, 3.63) is 84.6 Å². The first-order valence-corrected chi connectivity index (χ1v) is 17.7. The number of fused-ring (bicyclic) bond motifs is 1. The number of hydrogen-bond donors (Lipinski definition) is 3. The average molecular weight is 703 g/mol. The van der Waals surface area contributed by atoms with Crippen LogP contribution < -0.4 is 15.4 Å². The lowest BCUT2D eigenvalue weighted by molar-refractivity contribution is -0.145. The largest absolute Gasteiger partial charge is 0.488 e.